The molecule has 1 atom stereocenters. The Bertz CT molecular complexity index is 989. The molecule has 2 aromatic heterocycles. The molecule has 0 radical (unpaired) electrons. The monoisotopic (exact) mass is 432 g/mol. The molecule has 0 aliphatic carbocycles. The normalized spacial score (nSPS) is 11.8. The molecule has 2 N–H and O–H groups in total. The number of aromatic nitrogens is 4. The van der Waals surface area contributed by atoms with E-state index in [2.05, 4.69) is 36.3 Å². The number of amides is 1. The third-order valence-electron chi connectivity index (χ3n) is 3.64. The second-order valence-electron chi connectivity index (χ2n) is 5.68. The average molecular weight is 434 g/mol. The molecule has 1 aromatic carbocycles. The van der Waals surface area contributed by atoms with Gasteiger partial charge in [-0.3, -0.25) is 9.48 Å². The maximum atomic E-state index is 12.1. The molecule has 1 amide bonds. The number of nitrogens with one attached hydrogen (secondary N) is 2. The van der Waals surface area contributed by atoms with Crippen LogP contribution in [0.2, 0.25) is 5.02 Å². The number of aromatic amines is 1. The third-order valence-corrected chi connectivity index (χ3v) is 4.36. The summed E-state index contributed by atoms with van der Waals surface area (Å²) in [5.41, 5.74) is 2.31. The third kappa shape index (κ3) is 4.12. The first-order valence-corrected chi connectivity index (χ1v) is 8.88. The average Bonchev–Trinajstić information content (AvgIpc) is 3.24. The Morgan fingerprint density at radius 3 is 2.96 bits per heavy atom. The lowest BCUT2D eigenvalue weighted by Crippen LogP contribution is -2.36. The number of hydrogen-bond donors (Lipinski definition) is 2. The molecule has 132 valence electrons. The van der Waals surface area contributed by atoms with Gasteiger partial charge in [-0.1, -0.05) is 17.7 Å². The first kappa shape index (κ1) is 18.2. The lowest BCUT2D eigenvalue weighted by molar-refractivity contribution is 0.0931. The molecule has 0 fully saturated rings. The number of rotatable bonds is 5. The van der Waals surface area contributed by atoms with Crippen LogP contribution in [0.25, 0.3) is 11.3 Å². The molecule has 0 bridgehead atoms. The van der Waals surface area contributed by atoms with Crippen molar-refractivity contribution in [3.63, 3.8) is 0 Å². The van der Waals surface area contributed by atoms with E-state index in [0.29, 0.717) is 27.6 Å². The van der Waals surface area contributed by atoms with Crippen LogP contribution in [-0.2, 0) is 6.54 Å². The summed E-state index contributed by atoms with van der Waals surface area (Å²) in [4.78, 5) is 18.9. The van der Waals surface area contributed by atoms with Crippen LogP contribution in [0, 0.1) is 11.3 Å². The summed E-state index contributed by atoms with van der Waals surface area (Å²) < 4.78 is 2.25. The zero-order chi connectivity index (χ0) is 18.7. The van der Waals surface area contributed by atoms with Crippen molar-refractivity contribution < 1.29 is 4.79 Å². The van der Waals surface area contributed by atoms with Crippen LogP contribution >= 0.6 is 27.5 Å². The summed E-state index contributed by atoms with van der Waals surface area (Å²) in [7, 11) is 0. The van der Waals surface area contributed by atoms with Crippen molar-refractivity contribution in [3.05, 3.63) is 57.7 Å². The zero-order valence-electron chi connectivity index (χ0n) is 13.7. The number of H-pyrrole nitrogens is 1. The van der Waals surface area contributed by atoms with Gasteiger partial charge >= 0.3 is 0 Å². The van der Waals surface area contributed by atoms with E-state index in [0.717, 1.165) is 11.3 Å². The van der Waals surface area contributed by atoms with Gasteiger partial charge < -0.3 is 10.3 Å². The van der Waals surface area contributed by atoms with Crippen molar-refractivity contribution in [1.82, 2.24) is 25.1 Å². The summed E-state index contributed by atoms with van der Waals surface area (Å²) in [5, 5.41) is 16.7. The molecular weight excluding hydrogens is 420 g/mol. The second kappa shape index (κ2) is 7.72. The maximum Gasteiger partial charge on any atom is 0.271 e. The highest BCUT2D eigenvalue weighted by atomic mass is 79.9. The van der Waals surface area contributed by atoms with Gasteiger partial charge in [0, 0.05) is 24.0 Å². The van der Waals surface area contributed by atoms with Gasteiger partial charge in [-0.15, -0.1) is 0 Å². The van der Waals surface area contributed by atoms with Gasteiger partial charge in [0.1, 0.15) is 11.8 Å². The van der Waals surface area contributed by atoms with E-state index in [1.807, 2.05) is 25.3 Å². The number of nitrogens with zero attached hydrogens (tertiary/aromatic N) is 4. The summed E-state index contributed by atoms with van der Waals surface area (Å²) in [5.74, 6) is -0.259. The number of hydrogen-bond acceptors (Lipinski definition) is 4. The van der Waals surface area contributed by atoms with Crippen molar-refractivity contribution in [3.8, 4) is 17.3 Å². The topological polar surface area (TPSA) is 99.4 Å². The van der Waals surface area contributed by atoms with E-state index in [1.54, 1.807) is 22.9 Å². The zero-order valence-corrected chi connectivity index (χ0v) is 16.0. The molecule has 3 aromatic rings. The summed E-state index contributed by atoms with van der Waals surface area (Å²) in [6.07, 6.45) is 3.36. The molecule has 0 aliphatic rings. The van der Waals surface area contributed by atoms with Gasteiger partial charge in [-0.05, 0) is 41.1 Å². The number of carbonyl (C=O) groups excluding carboxylic acids is 1. The predicted molar refractivity (Wildman–Crippen MR) is 101 cm³/mol. The minimum Gasteiger partial charge on any atom is -0.346 e. The Labute approximate surface area is 163 Å². The van der Waals surface area contributed by atoms with Crippen LogP contribution in [0.4, 0.5) is 0 Å². The van der Waals surface area contributed by atoms with E-state index in [4.69, 9.17) is 16.9 Å². The number of imidazole rings is 1. The Morgan fingerprint density at radius 1 is 1.50 bits per heavy atom. The smallest absolute Gasteiger partial charge is 0.271 e. The van der Waals surface area contributed by atoms with Crippen LogP contribution in [0.5, 0.6) is 0 Å². The van der Waals surface area contributed by atoms with Crippen LogP contribution < -0.4 is 5.32 Å². The van der Waals surface area contributed by atoms with Crippen molar-refractivity contribution in [2.24, 2.45) is 0 Å². The highest BCUT2D eigenvalue weighted by molar-refractivity contribution is 9.10. The SMILES string of the molecule is CC(Cn1ccc(-c2ccc(C#N)c(Cl)c2)n1)NC(=O)c1c[nH]c(Br)n1. The Balaban J connectivity index is 1.65. The molecule has 9 heteroatoms. The number of nitriles is 1. The molecular formula is C17H14BrClN6O. The van der Waals surface area contributed by atoms with Gasteiger partial charge in [0.2, 0.25) is 0 Å². The fourth-order valence-corrected chi connectivity index (χ4v) is 2.95. The fourth-order valence-electron chi connectivity index (χ4n) is 2.42. The van der Waals surface area contributed by atoms with Crippen molar-refractivity contribution in [2.75, 3.05) is 0 Å². The standard InChI is InChI=1S/C17H14BrClN6O/c1-10(22-16(26)15-8-21-17(18)23-15)9-25-5-4-14(24-25)11-2-3-12(7-20)13(19)6-11/h2-6,8,10H,9H2,1H3,(H,21,23)(H,22,26). The van der Waals surface area contributed by atoms with Crippen molar-refractivity contribution in [1.29, 1.82) is 5.26 Å². The van der Waals surface area contributed by atoms with Gasteiger partial charge in [-0.2, -0.15) is 10.4 Å². The van der Waals surface area contributed by atoms with Crippen LogP contribution in [0.1, 0.15) is 23.0 Å². The molecule has 1 unspecified atom stereocenters. The van der Waals surface area contributed by atoms with Crippen LogP contribution in [-0.4, -0.2) is 31.7 Å². The lowest BCUT2D eigenvalue weighted by atomic mass is 10.1. The lowest BCUT2D eigenvalue weighted by Gasteiger charge is -2.13. The second-order valence-corrected chi connectivity index (χ2v) is 6.84. The Kier molecular flexibility index (Phi) is 5.40. The number of benzene rings is 1. The minimum atomic E-state index is -0.259. The van der Waals surface area contributed by atoms with Crippen molar-refractivity contribution >= 4 is 33.4 Å². The summed E-state index contributed by atoms with van der Waals surface area (Å²) in [6, 6.07) is 8.93. The van der Waals surface area contributed by atoms with Crippen LogP contribution in [0.15, 0.2) is 41.4 Å². The Morgan fingerprint density at radius 2 is 2.31 bits per heavy atom. The number of halogens is 2. The van der Waals surface area contributed by atoms with E-state index >= 15 is 0 Å². The quantitative estimate of drug-likeness (QED) is 0.644. The predicted octanol–water partition coefficient (Wildman–Crippen LogP) is 3.38. The molecule has 26 heavy (non-hydrogen) atoms. The Hall–Kier alpha value is -2.63. The van der Waals surface area contributed by atoms with Crippen molar-refractivity contribution in [2.45, 2.75) is 19.5 Å². The summed E-state index contributed by atoms with van der Waals surface area (Å²) in [6.45, 7) is 2.39. The molecule has 0 saturated carbocycles. The molecule has 0 aliphatic heterocycles. The van der Waals surface area contributed by atoms with Crippen LogP contribution in [0.3, 0.4) is 0 Å². The van der Waals surface area contributed by atoms with Gasteiger partial charge in [0.05, 0.1) is 22.8 Å². The highest BCUT2D eigenvalue weighted by Crippen LogP contribution is 2.24. The maximum absolute atomic E-state index is 12.1. The molecule has 7 nitrogen and oxygen atoms in total. The minimum absolute atomic E-state index is 0.143. The van der Waals surface area contributed by atoms with E-state index < -0.39 is 0 Å². The molecule has 0 spiro atoms. The molecule has 0 saturated heterocycles. The molecule has 2 heterocycles. The van der Waals surface area contributed by atoms with Gasteiger partial charge in [0.15, 0.2) is 4.73 Å². The highest BCUT2D eigenvalue weighted by Gasteiger charge is 2.14. The largest absolute Gasteiger partial charge is 0.346 e. The van der Waals surface area contributed by atoms with E-state index in [9.17, 15) is 4.79 Å². The van der Waals surface area contributed by atoms with Gasteiger partial charge in [0.25, 0.3) is 5.91 Å². The fraction of sp³-hybridized carbons (Fsp3) is 0.176. The van der Waals surface area contributed by atoms with Gasteiger partial charge in [-0.25, -0.2) is 4.98 Å². The first-order valence-electron chi connectivity index (χ1n) is 7.71. The molecule has 3 rings (SSSR count). The van der Waals surface area contributed by atoms with E-state index in [1.165, 1.54) is 6.20 Å². The number of carbonyl (C=O) groups is 1. The van der Waals surface area contributed by atoms with E-state index in [-0.39, 0.29) is 11.9 Å². The summed E-state index contributed by atoms with van der Waals surface area (Å²) >= 11 is 9.24. The first-order chi connectivity index (χ1) is 12.5.